The van der Waals surface area contributed by atoms with E-state index in [1.807, 2.05) is 0 Å². The number of carbonyl (C=O) groups is 1. The van der Waals surface area contributed by atoms with Gasteiger partial charge in [0.2, 0.25) is 5.91 Å². The molecule has 2 atom stereocenters. The summed E-state index contributed by atoms with van der Waals surface area (Å²) in [5.74, 6) is 2.02. The summed E-state index contributed by atoms with van der Waals surface area (Å²) < 4.78 is 0. The second kappa shape index (κ2) is 3.48. The number of hydrogen-bond acceptors (Lipinski definition) is 2. The lowest BCUT2D eigenvalue weighted by Gasteiger charge is -2.43. The molecule has 2 saturated carbocycles. The van der Waals surface area contributed by atoms with Gasteiger partial charge in [-0.05, 0) is 37.5 Å². The number of carbonyl (C=O) groups excluding carboxylic acids is 1. The summed E-state index contributed by atoms with van der Waals surface area (Å²) >= 11 is 0. The van der Waals surface area contributed by atoms with Crippen molar-refractivity contribution in [3.63, 3.8) is 0 Å². The molecule has 0 aromatic carbocycles. The molecule has 1 saturated heterocycles. The monoisotopic (exact) mass is 208 g/mol. The van der Waals surface area contributed by atoms with E-state index in [1.54, 1.807) is 0 Å². The molecule has 3 rings (SSSR count). The normalized spacial score (nSPS) is 41.6. The van der Waals surface area contributed by atoms with Crippen molar-refractivity contribution in [2.75, 3.05) is 13.1 Å². The van der Waals surface area contributed by atoms with Crippen LogP contribution in [0.4, 0.5) is 0 Å². The first-order chi connectivity index (χ1) is 7.30. The first-order valence-electron chi connectivity index (χ1n) is 6.33. The molecule has 0 radical (unpaired) electrons. The van der Waals surface area contributed by atoms with Crippen molar-refractivity contribution in [1.82, 2.24) is 10.6 Å². The Hall–Kier alpha value is -0.570. The number of piperazine rings is 1. The molecule has 1 aliphatic heterocycles. The van der Waals surface area contributed by atoms with Gasteiger partial charge in [0, 0.05) is 13.1 Å². The van der Waals surface area contributed by atoms with Crippen LogP contribution in [0.15, 0.2) is 0 Å². The number of nitrogens with one attached hydrogen (secondary N) is 2. The van der Waals surface area contributed by atoms with Crippen molar-refractivity contribution >= 4 is 5.91 Å². The Morgan fingerprint density at radius 2 is 2.00 bits per heavy atom. The summed E-state index contributed by atoms with van der Waals surface area (Å²) in [6.07, 6.45) is 7.51. The van der Waals surface area contributed by atoms with Crippen LogP contribution >= 0.6 is 0 Å². The molecule has 3 aliphatic rings. The van der Waals surface area contributed by atoms with E-state index in [4.69, 9.17) is 0 Å². The highest BCUT2D eigenvalue weighted by molar-refractivity contribution is 5.87. The van der Waals surface area contributed by atoms with Crippen LogP contribution in [0.5, 0.6) is 0 Å². The van der Waals surface area contributed by atoms with Gasteiger partial charge in [-0.25, -0.2) is 0 Å². The van der Waals surface area contributed by atoms with Gasteiger partial charge in [0.25, 0.3) is 0 Å². The second-order valence-corrected chi connectivity index (χ2v) is 5.46. The largest absolute Gasteiger partial charge is 0.353 e. The van der Waals surface area contributed by atoms with Crippen LogP contribution in [0.2, 0.25) is 0 Å². The SMILES string of the molecule is O=C1NCCNC12CCCC(C1CC1)C2. The molecule has 0 aromatic rings. The average molecular weight is 208 g/mol. The number of amides is 1. The van der Waals surface area contributed by atoms with E-state index >= 15 is 0 Å². The van der Waals surface area contributed by atoms with E-state index in [9.17, 15) is 4.79 Å². The van der Waals surface area contributed by atoms with Gasteiger partial charge in [-0.2, -0.15) is 0 Å². The van der Waals surface area contributed by atoms with Gasteiger partial charge in [-0.3, -0.25) is 4.79 Å². The fraction of sp³-hybridized carbons (Fsp3) is 0.917. The zero-order valence-corrected chi connectivity index (χ0v) is 9.22. The molecule has 0 bridgehead atoms. The Morgan fingerprint density at radius 3 is 2.73 bits per heavy atom. The minimum atomic E-state index is -0.191. The molecule has 2 aliphatic carbocycles. The maximum absolute atomic E-state index is 12.0. The van der Waals surface area contributed by atoms with Gasteiger partial charge in [0.05, 0.1) is 5.54 Å². The summed E-state index contributed by atoms with van der Waals surface area (Å²) in [5.41, 5.74) is -0.191. The molecule has 84 valence electrons. The predicted molar refractivity (Wildman–Crippen MR) is 58.4 cm³/mol. The quantitative estimate of drug-likeness (QED) is 0.676. The molecule has 15 heavy (non-hydrogen) atoms. The van der Waals surface area contributed by atoms with Crippen LogP contribution in [0.1, 0.15) is 38.5 Å². The first kappa shape index (κ1) is 9.64. The van der Waals surface area contributed by atoms with Gasteiger partial charge in [0.15, 0.2) is 0 Å². The molecule has 3 fully saturated rings. The maximum atomic E-state index is 12.0. The summed E-state index contributed by atoms with van der Waals surface area (Å²) in [7, 11) is 0. The van der Waals surface area contributed by atoms with Crippen LogP contribution in [-0.2, 0) is 4.79 Å². The molecule has 2 unspecified atom stereocenters. The van der Waals surface area contributed by atoms with Gasteiger partial charge < -0.3 is 10.6 Å². The smallest absolute Gasteiger partial charge is 0.240 e. The van der Waals surface area contributed by atoms with E-state index in [0.717, 1.165) is 37.8 Å². The van der Waals surface area contributed by atoms with Crippen molar-refractivity contribution < 1.29 is 4.79 Å². The van der Waals surface area contributed by atoms with Crippen molar-refractivity contribution in [2.24, 2.45) is 11.8 Å². The summed E-state index contributed by atoms with van der Waals surface area (Å²) in [4.78, 5) is 12.0. The van der Waals surface area contributed by atoms with Gasteiger partial charge >= 0.3 is 0 Å². The van der Waals surface area contributed by atoms with Crippen molar-refractivity contribution in [3.8, 4) is 0 Å². The minimum Gasteiger partial charge on any atom is -0.353 e. The molecule has 3 nitrogen and oxygen atoms in total. The summed E-state index contributed by atoms with van der Waals surface area (Å²) in [6.45, 7) is 1.75. The standard InChI is InChI=1S/C12H20N2O/c15-11-12(14-7-6-13-11)5-1-2-10(8-12)9-3-4-9/h9-10,14H,1-8H2,(H,13,15). The second-order valence-electron chi connectivity index (χ2n) is 5.46. The Labute approximate surface area is 91.0 Å². The maximum Gasteiger partial charge on any atom is 0.240 e. The van der Waals surface area contributed by atoms with E-state index in [-0.39, 0.29) is 11.4 Å². The molecule has 3 heteroatoms. The lowest BCUT2D eigenvalue weighted by molar-refractivity contribution is -0.131. The van der Waals surface area contributed by atoms with Crippen molar-refractivity contribution in [2.45, 2.75) is 44.1 Å². The fourth-order valence-electron chi connectivity index (χ4n) is 3.38. The number of rotatable bonds is 1. The molecule has 1 heterocycles. The Morgan fingerprint density at radius 1 is 1.13 bits per heavy atom. The Bertz CT molecular complexity index is 271. The van der Waals surface area contributed by atoms with Gasteiger partial charge in [0.1, 0.15) is 0 Å². The van der Waals surface area contributed by atoms with E-state index in [0.29, 0.717) is 0 Å². The topological polar surface area (TPSA) is 41.1 Å². The first-order valence-corrected chi connectivity index (χ1v) is 6.33. The number of hydrogen-bond donors (Lipinski definition) is 2. The fourth-order valence-corrected chi connectivity index (χ4v) is 3.38. The summed E-state index contributed by atoms with van der Waals surface area (Å²) in [5, 5.41) is 6.51. The van der Waals surface area contributed by atoms with Crippen LogP contribution in [0.3, 0.4) is 0 Å². The summed E-state index contributed by atoms with van der Waals surface area (Å²) in [6, 6.07) is 0. The van der Waals surface area contributed by atoms with Gasteiger partial charge in [-0.1, -0.05) is 12.8 Å². The third-order valence-electron chi connectivity index (χ3n) is 4.39. The van der Waals surface area contributed by atoms with Crippen molar-refractivity contribution in [3.05, 3.63) is 0 Å². The predicted octanol–water partition coefficient (Wildman–Crippen LogP) is 1.04. The Kier molecular flexibility index (Phi) is 2.23. The molecular weight excluding hydrogens is 188 g/mol. The van der Waals surface area contributed by atoms with Crippen LogP contribution in [-0.4, -0.2) is 24.5 Å². The zero-order chi connectivity index (χ0) is 10.3. The van der Waals surface area contributed by atoms with Crippen molar-refractivity contribution in [1.29, 1.82) is 0 Å². The third-order valence-corrected chi connectivity index (χ3v) is 4.39. The molecule has 2 N–H and O–H groups in total. The van der Waals surface area contributed by atoms with Crippen LogP contribution in [0, 0.1) is 11.8 Å². The lowest BCUT2D eigenvalue weighted by atomic mass is 9.72. The lowest BCUT2D eigenvalue weighted by Crippen LogP contribution is -2.64. The highest BCUT2D eigenvalue weighted by Gasteiger charge is 2.47. The highest BCUT2D eigenvalue weighted by Crippen LogP contribution is 2.46. The highest BCUT2D eigenvalue weighted by atomic mass is 16.2. The van der Waals surface area contributed by atoms with Crippen LogP contribution < -0.4 is 10.6 Å². The Balaban J connectivity index is 1.74. The third kappa shape index (κ3) is 1.67. The average Bonchev–Trinajstić information content (AvgIpc) is 3.07. The van der Waals surface area contributed by atoms with Gasteiger partial charge in [-0.15, -0.1) is 0 Å². The van der Waals surface area contributed by atoms with E-state index in [1.165, 1.54) is 25.7 Å². The molecule has 0 aromatic heterocycles. The minimum absolute atomic E-state index is 0.191. The zero-order valence-electron chi connectivity index (χ0n) is 9.22. The molecule has 1 spiro atoms. The van der Waals surface area contributed by atoms with Crippen LogP contribution in [0.25, 0.3) is 0 Å². The molecule has 1 amide bonds. The van der Waals surface area contributed by atoms with E-state index < -0.39 is 0 Å². The molecular formula is C12H20N2O. The van der Waals surface area contributed by atoms with E-state index in [2.05, 4.69) is 10.6 Å².